The van der Waals surface area contributed by atoms with Gasteiger partial charge < -0.3 is 0 Å². The number of rotatable bonds is 4. The summed E-state index contributed by atoms with van der Waals surface area (Å²) < 4.78 is 0. The third kappa shape index (κ3) is 10.5. The van der Waals surface area contributed by atoms with Crippen LogP contribution in [0.15, 0.2) is 12.2 Å². The van der Waals surface area contributed by atoms with Crippen LogP contribution in [0.5, 0.6) is 0 Å². The van der Waals surface area contributed by atoms with E-state index in [1.165, 1.54) is 31.4 Å². The maximum Gasteiger partial charge on any atom is 0.143 e. The number of unbranched alkanes of at least 4 members (excludes halogenated alkanes) is 3. The van der Waals surface area contributed by atoms with Crippen molar-refractivity contribution in [1.82, 2.24) is 0 Å². The molecule has 0 heterocycles. The monoisotopic (exact) mass is 188 g/mol. The molecule has 0 aromatic rings. The molecule has 0 N–H and O–H groups in total. The van der Waals surface area contributed by atoms with Crippen LogP contribution < -0.4 is 0 Å². The fourth-order valence-corrected chi connectivity index (χ4v) is 0.856. The van der Waals surface area contributed by atoms with E-state index in [1.807, 2.05) is 0 Å². The number of carbonyl (C=O) groups excluding carboxylic acids is 1. The molecular formula is C13H16O. The number of hydrogen-bond donors (Lipinski definition) is 0. The summed E-state index contributed by atoms with van der Waals surface area (Å²) in [6, 6.07) is 0. The van der Waals surface area contributed by atoms with Crippen LogP contribution in [-0.2, 0) is 4.79 Å². The van der Waals surface area contributed by atoms with E-state index in [9.17, 15) is 4.79 Å². The normalized spacial score (nSPS) is 8.64. The molecule has 74 valence electrons. The van der Waals surface area contributed by atoms with Crippen molar-refractivity contribution in [1.29, 1.82) is 0 Å². The standard InChI is InChI=1S/C13H16O/c1-2-3-4-5-6-7-8-9-10-11-12-13-14/h11-13H,2-5,8H2,1H3/b12-11+. The molecule has 0 saturated heterocycles. The Morgan fingerprint density at radius 2 is 2.00 bits per heavy atom. The molecule has 1 heteroatoms. The second kappa shape index (κ2) is 11.5. The van der Waals surface area contributed by atoms with Crippen LogP contribution >= 0.6 is 0 Å². The van der Waals surface area contributed by atoms with Gasteiger partial charge in [-0.3, -0.25) is 4.79 Å². The Kier molecular flexibility index (Phi) is 10.3. The van der Waals surface area contributed by atoms with E-state index in [0.717, 1.165) is 6.42 Å². The summed E-state index contributed by atoms with van der Waals surface area (Å²) in [6.45, 7) is 2.18. The van der Waals surface area contributed by atoms with E-state index < -0.39 is 0 Å². The molecule has 0 amide bonds. The van der Waals surface area contributed by atoms with E-state index in [2.05, 4.69) is 30.6 Å². The van der Waals surface area contributed by atoms with E-state index in [1.54, 1.807) is 0 Å². The molecule has 0 fully saturated rings. The lowest BCUT2D eigenvalue weighted by atomic mass is 10.2. The van der Waals surface area contributed by atoms with E-state index in [-0.39, 0.29) is 0 Å². The van der Waals surface area contributed by atoms with Crippen LogP contribution in [0.2, 0.25) is 0 Å². The Labute approximate surface area is 86.6 Å². The average Bonchev–Trinajstić information content (AvgIpc) is 2.21. The minimum Gasteiger partial charge on any atom is -0.299 e. The summed E-state index contributed by atoms with van der Waals surface area (Å²) in [7, 11) is 0. The predicted molar refractivity (Wildman–Crippen MR) is 59.5 cm³/mol. The molecule has 0 aliphatic rings. The second-order valence-corrected chi connectivity index (χ2v) is 2.80. The smallest absolute Gasteiger partial charge is 0.143 e. The maximum atomic E-state index is 9.86. The molecule has 0 aliphatic carbocycles. The molecule has 0 atom stereocenters. The minimum absolute atomic E-state index is 0.593. The van der Waals surface area contributed by atoms with Crippen molar-refractivity contribution >= 4 is 6.29 Å². The molecular weight excluding hydrogens is 172 g/mol. The summed E-state index contributed by atoms with van der Waals surface area (Å²) in [5.74, 6) is 11.6. The van der Waals surface area contributed by atoms with Gasteiger partial charge in [0, 0.05) is 6.42 Å². The highest BCUT2D eigenvalue weighted by molar-refractivity contribution is 5.65. The Bertz CT molecular complexity index is 278. The van der Waals surface area contributed by atoms with Crippen LogP contribution in [0.3, 0.4) is 0 Å². The van der Waals surface area contributed by atoms with Crippen molar-refractivity contribution in [3.05, 3.63) is 12.2 Å². The molecule has 0 aromatic carbocycles. The molecule has 0 unspecified atom stereocenters. The van der Waals surface area contributed by atoms with Gasteiger partial charge in [0.25, 0.3) is 0 Å². The van der Waals surface area contributed by atoms with Gasteiger partial charge in [-0.2, -0.15) is 0 Å². The van der Waals surface area contributed by atoms with Gasteiger partial charge in [0.15, 0.2) is 0 Å². The number of hydrogen-bond acceptors (Lipinski definition) is 1. The summed E-state index contributed by atoms with van der Waals surface area (Å²) in [5.41, 5.74) is 0. The van der Waals surface area contributed by atoms with Crippen LogP contribution in [0.1, 0.15) is 39.0 Å². The minimum atomic E-state index is 0.593. The zero-order valence-corrected chi connectivity index (χ0v) is 8.68. The first-order chi connectivity index (χ1) is 6.91. The van der Waals surface area contributed by atoms with Gasteiger partial charge in [-0.1, -0.05) is 37.5 Å². The van der Waals surface area contributed by atoms with Crippen LogP contribution in [0.25, 0.3) is 0 Å². The third-order valence-electron chi connectivity index (χ3n) is 1.57. The molecule has 14 heavy (non-hydrogen) atoms. The number of allylic oxidation sites excluding steroid dienone is 2. The summed E-state index contributed by atoms with van der Waals surface area (Å²) in [4.78, 5) is 9.86. The van der Waals surface area contributed by atoms with Gasteiger partial charge in [-0.05, 0) is 18.6 Å². The van der Waals surface area contributed by atoms with Crippen LogP contribution in [0.4, 0.5) is 0 Å². The molecule has 0 radical (unpaired) electrons. The van der Waals surface area contributed by atoms with Gasteiger partial charge in [0.1, 0.15) is 6.29 Å². The van der Waals surface area contributed by atoms with E-state index in [4.69, 9.17) is 0 Å². The van der Waals surface area contributed by atoms with Gasteiger partial charge in [0.2, 0.25) is 0 Å². The zero-order valence-electron chi connectivity index (χ0n) is 8.68. The van der Waals surface area contributed by atoms with Gasteiger partial charge in [-0.15, -0.1) is 5.92 Å². The fourth-order valence-electron chi connectivity index (χ4n) is 0.856. The molecule has 0 bridgehead atoms. The lowest BCUT2D eigenvalue weighted by Gasteiger charge is -1.87. The fraction of sp³-hybridized carbons (Fsp3) is 0.462. The van der Waals surface area contributed by atoms with Crippen LogP contribution in [0, 0.1) is 23.7 Å². The Morgan fingerprint density at radius 3 is 2.71 bits per heavy atom. The SMILES string of the molecule is CCCCCC#CCC#C/C=C/C=O. The highest BCUT2D eigenvalue weighted by atomic mass is 16.1. The lowest BCUT2D eigenvalue weighted by Crippen LogP contribution is -1.70. The second-order valence-electron chi connectivity index (χ2n) is 2.80. The van der Waals surface area contributed by atoms with Crippen molar-refractivity contribution < 1.29 is 4.79 Å². The first-order valence-corrected chi connectivity index (χ1v) is 4.96. The van der Waals surface area contributed by atoms with E-state index >= 15 is 0 Å². The number of carbonyl (C=O) groups is 1. The van der Waals surface area contributed by atoms with Crippen molar-refractivity contribution in [2.24, 2.45) is 0 Å². The quantitative estimate of drug-likeness (QED) is 0.287. The maximum absolute atomic E-state index is 9.86. The summed E-state index contributed by atoms with van der Waals surface area (Å²) in [6.07, 6.45) is 8.86. The predicted octanol–water partition coefficient (Wildman–Crippen LogP) is 2.72. The molecule has 1 nitrogen and oxygen atoms in total. The Morgan fingerprint density at radius 1 is 1.14 bits per heavy atom. The van der Waals surface area contributed by atoms with Crippen molar-refractivity contribution in [2.75, 3.05) is 0 Å². The Balaban J connectivity index is 3.44. The van der Waals surface area contributed by atoms with Gasteiger partial charge >= 0.3 is 0 Å². The van der Waals surface area contributed by atoms with Gasteiger partial charge in [-0.25, -0.2) is 0 Å². The van der Waals surface area contributed by atoms with E-state index in [0.29, 0.717) is 12.7 Å². The molecule has 0 aliphatic heterocycles. The zero-order chi connectivity index (χ0) is 10.5. The molecule has 0 spiro atoms. The highest BCUT2D eigenvalue weighted by Gasteiger charge is 1.79. The Hall–Kier alpha value is -1.47. The largest absolute Gasteiger partial charge is 0.299 e. The highest BCUT2D eigenvalue weighted by Crippen LogP contribution is 1.96. The van der Waals surface area contributed by atoms with Crippen LogP contribution in [-0.4, -0.2) is 6.29 Å². The van der Waals surface area contributed by atoms with Crippen molar-refractivity contribution in [3.63, 3.8) is 0 Å². The van der Waals surface area contributed by atoms with Crippen molar-refractivity contribution in [3.8, 4) is 23.7 Å². The molecule has 0 aromatic heterocycles. The van der Waals surface area contributed by atoms with Gasteiger partial charge in [0.05, 0.1) is 6.42 Å². The average molecular weight is 188 g/mol. The number of aldehydes is 1. The lowest BCUT2D eigenvalue weighted by molar-refractivity contribution is -0.104. The molecule has 0 saturated carbocycles. The summed E-state index contributed by atoms with van der Waals surface area (Å²) >= 11 is 0. The topological polar surface area (TPSA) is 17.1 Å². The van der Waals surface area contributed by atoms with Crippen molar-refractivity contribution in [2.45, 2.75) is 39.0 Å². The first-order valence-electron chi connectivity index (χ1n) is 4.96. The third-order valence-corrected chi connectivity index (χ3v) is 1.57. The molecule has 0 rings (SSSR count). The first kappa shape index (κ1) is 12.5. The summed E-state index contributed by atoms with van der Waals surface area (Å²) in [5, 5.41) is 0.